The minimum atomic E-state index is -3.62. The highest BCUT2D eigenvalue weighted by molar-refractivity contribution is 7.89. The van der Waals surface area contributed by atoms with Gasteiger partial charge in [-0.05, 0) is 18.2 Å². The van der Waals surface area contributed by atoms with E-state index in [1.54, 1.807) is 18.2 Å². The second kappa shape index (κ2) is 5.80. The number of primary sulfonamides is 1. The second-order valence-electron chi connectivity index (χ2n) is 4.93. The standard InChI is InChI=1S/C12H16N4O4S/c13-15-12(18)9-2-1-3-10(5-9)16-6-8(4-11(16)17)7-21(14,19)20/h1-3,5,8H,4,6-7,13H2,(H,15,18)(H2,14,19,20). The molecular formula is C12H16N4O4S. The lowest BCUT2D eigenvalue weighted by Crippen LogP contribution is -2.31. The number of hydrazine groups is 1. The quantitative estimate of drug-likeness (QED) is 0.369. The molecule has 0 aromatic heterocycles. The van der Waals surface area contributed by atoms with Gasteiger partial charge in [-0.25, -0.2) is 19.4 Å². The largest absolute Gasteiger partial charge is 0.312 e. The predicted molar refractivity (Wildman–Crippen MR) is 76.5 cm³/mol. The molecule has 114 valence electrons. The van der Waals surface area contributed by atoms with Crippen molar-refractivity contribution in [1.82, 2.24) is 5.43 Å². The van der Waals surface area contributed by atoms with Gasteiger partial charge >= 0.3 is 0 Å². The summed E-state index contributed by atoms with van der Waals surface area (Å²) in [6, 6.07) is 6.39. The number of anilines is 1. The zero-order valence-corrected chi connectivity index (χ0v) is 12.0. The van der Waals surface area contributed by atoms with Crippen molar-refractivity contribution < 1.29 is 18.0 Å². The summed E-state index contributed by atoms with van der Waals surface area (Å²) >= 11 is 0. The van der Waals surface area contributed by atoms with E-state index >= 15 is 0 Å². The molecule has 1 aliphatic heterocycles. The van der Waals surface area contributed by atoms with Crippen molar-refractivity contribution in [1.29, 1.82) is 0 Å². The van der Waals surface area contributed by atoms with E-state index in [-0.39, 0.29) is 30.5 Å². The SMILES string of the molecule is NNC(=O)c1cccc(N2CC(CS(N)(=O)=O)CC2=O)c1. The number of amides is 2. The van der Waals surface area contributed by atoms with E-state index in [4.69, 9.17) is 11.0 Å². The molecule has 21 heavy (non-hydrogen) atoms. The molecule has 0 aliphatic carbocycles. The van der Waals surface area contributed by atoms with Gasteiger partial charge in [0.05, 0.1) is 5.75 Å². The van der Waals surface area contributed by atoms with Crippen LogP contribution in [0.4, 0.5) is 5.69 Å². The molecule has 1 heterocycles. The molecule has 1 unspecified atom stereocenters. The Labute approximate surface area is 122 Å². The Morgan fingerprint density at radius 3 is 2.76 bits per heavy atom. The molecule has 1 aromatic carbocycles. The number of sulfonamides is 1. The summed E-state index contributed by atoms with van der Waals surface area (Å²) in [5.41, 5.74) is 2.86. The fourth-order valence-electron chi connectivity index (χ4n) is 2.37. The van der Waals surface area contributed by atoms with Gasteiger partial charge in [-0.2, -0.15) is 0 Å². The zero-order valence-electron chi connectivity index (χ0n) is 11.2. The van der Waals surface area contributed by atoms with E-state index < -0.39 is 15.9 Å². The van der Waals surface area contributed by atoms with Crippen molar-refractivity contribution in [3.63, 3.8) is 0 Å². The molecule has 2 rings (SSSR count). The van der Waals surface area contributed by atoms with Crippen LogP contribution in [0.2, 0.25) is 0 Å². The summed E-state index contributed by atoms with van der Waals surface area (Å²) in [4.78, 5) is 24.9. The predicted octanol–water partition coefficient (Wildman–Crippen LogP) is -1.07. The maximum Gasteiger partial charge on any atom is 0.265 e. The van der Waals surface area contributed by atoms with Crippen LogP contribution in [-0.2, 0) is 14.8 Å². The summed E-state index contributed by atoms with van der Waals surface area (Å²) in [5.74, 6) is 3.81. The second-order valence-corrected chi connectivity index (χ2v) is 6.59. The van der Waals surface area contributed by atoms with E-state index in [0.717, 1.165) is 0 Å². The van der Waals surface area contributed by atoms with Crippen molar-refractivity contribution in [3.8, 4) is 0 Å². The summed E-state index contributed by atoms with van der Waals surface area (Å²) in [5, 5.41) is 5.00. The average molecular weight is 312 g/mol. The monoisotopic (exact) mass is 312 g/mol. The molecule has 1 aliphatic rings. The first-order chi connectivity index (χ1) is 9.80. The first kappa shape index (κ1) is 15.4. The molecule has 0 radical (unpaired) electrons. The van der Waals surface area contributed by atoms with Gasteiger partial charge in [-0.1, -0.05) is 6.07 Å². The Kier molecular flexibility index (Phi) is 4.26. The molecule has 1 atom stereocenters. The summed E-state index contributed by atoms with van der Waals surface area (Å²) in [6.07, 6.45) is 0.115. The third kappa shape index (κ3) is 3.78. The Morgan fingerprint density at radius 1 is 1.43 bits per heavy atom. The lowest BCUT2D eigenvalue weighted by molar-refractivity contribution is -0.117. The number of nitrogens with one attached hydrogen (secondary N) is 1. The number of hydrogen-bond acceptors (Lipinski definition) is 5. The van der Waals surface area contributed by atoms with E-state index in [1.807, 2.05) is 5.43 Å². The molecule has 1 saturated heterocycles. The Morgan fingerprint density at radius 2 is 2.14 bits per heavy atom. The van der Waals surface area contributed by atoms with E-state index in [2.05, 4.69) is 0 Å². The highest BCUT2D eigenvalue weighted by Crippen LogP contribution is 2.26. The van der Waals surface area contributed by atoms with Crippen molar-refractivity contribution in [2.24, 2.45) is 16.9 Å². The Bertz CT molecular complexity index is 674. The number of nitrogens with zero attached hydrogens (tertiary/aromatic N) is 1. The highest BCUT2D eigenvalue weighted by atomic mass is 32.2. The molecule has 8 nitrogen and oxygen atoms in total. The van der Waals surface area contributed by atoms with Crippen molar-refractivity contribution in [2.75, 3.05) is 17.2 Å². The molecule has 0 spiro atoms. The van der Waals surface area contributed by atoms with Crippen LogP contribution >= 0.6 is 0 Å². The van der Waals surface area contributed by atoms with E-state index in [0.29, 0.717) is 11.3 Å². The lowest BCUT2D eigenvalue weighted by Gasteiger charge is -2.17. The number of nitrogens with two attached hydrogens (primary N) is 2. The van der Waals surface area contributed by atoms with Crippen LogP contribution in [0.15, 0.2) is 24.3 Å². The topological polar surface area (TPSA) is 136 Å². The number of nitrogen functional groups attached to an aromatic ring is 1. The summed E-state index contributed by atoms with van der Waals surface area (Å²) in [6.45, 7) is 0.253. The fraction of sp³-hybridized carbons (Fsp3) is 0.333. The maximum atomic E-state index is 12.0. The minimum absolute atomic E-state index is 0.115. The van der Waals surface area contributed by atoms with Crippen LogP contribution in [0.5, 0.6) is 0 Å². The molecule has 1 fully saturated rings. The third-order valence-electron chi connectivity index (χ3n) is 3.22. The van der Waals surface area contributed by atoms with Crippen molar-refractivity contribution >= 4 is 27.5 Å². The molecule has 2 amide bonds. The van der Waals surface area contributed by atoms with Gasteiger partial charge in [-0.3, -0.25) is 15.0 Å². The van der Waals surface area contributed by atoms with Crippen LogP contribution in [0.3, 0.4) is 0 Å². The maximum absolute atomic E-state index is 12.0. The van der Waals surface area contributed by atoms with E-state index in [1.165, 1.54) is 11.0 Å². The molecule has 0 bridgehead atoms. The first-order valence-corrected chi connectivity index (χ1v) is 7.93. The Hall–Kier alpha value is -1.97. The number of carbonyl (C=O) groups excluding carboxylic acids is 2. The normalized spacial score (nSPS) is 18.9. The van der Waals surface area contributed by atoms with Crippen molar-refractivity contribution in [3.05, 3.63) is 29.8 Å². The number of hydrogen-bond donors (Lipinski definition) is 3. The van der Waals surface area contributed by atoms with Gasteiger partial charge in [0.2, 0.25) is 15.9 Å². The van der Waals surface area contributed by atoms with Gasteiger partial charge in [0.25, 0.3) is 5.91 Å². The lowest BCUT2D eigenvalue weighted by atomic mass is 10.1. The molecule has 9 heteroatoms. The summed E-state index contributed by atoms with van der Waals surface area (Å²) in [7, 11) is -3.62. The van der Waals surface area contributed by atoms with Crippen LogP contribution in [0.25, 0.3) is 0 Å². The van der Waals surface area contributed by atoms with Gasteiger partial charge < -0.3 is 4.90 Å². The first-order valence-electron chi connectivity index (χ1n) is 6.22. The third-order valence-corrected chi connectivity index (χ3v) is 4.16. The summed E-state index contributed by atoms with van der Waals surface area (Å²) < 4.78 is 22.2. The fourth-order valence-corrected chi connectivity index (χ4v) is 3.25. The smallest absolute Gasteiger partial charge is 0.265 e. The number of rotatable bonds is 4. The van der Waals surface area contributed by atoms with Crippen LogP contribution in [-0.4, -0.2) is 32.5 Å². The average Bonchev–Trinajstić information content (AvgIpc) is 2.76. The molecular weight excluding hydrogens is 296 g/mol. The van der Waals surface area contributed by atoms with Gasteiger partial charge in [-0.15, -0.1) is 0 Å². The molecule has 5 N–H and O–H groups in total. The zero-order chi connectivity index (χ0) is 15.6. The van der Waals surface area contributed by atoms with Crippen molar-refractivity contribution in [2.45, 2.75) is 6.42 Å². The molecule has 1 aromatic rings. The minimum Gasteiger partial charge on any atom is -0.312 e. The van der Waals surface area contributed by atoms with E-state index in [9.17, 15) is 18.0 Å². The van der Waals surface area contributed by atoms with Crippen LogP contribution in [0.1, 0.15) is 16.8 Å². The Balaban J connectivity index is 2.19. The van der Waals surface area contributed by atoms with Gasteiger partial charge in [0, 0.05) is 30.1 Å². The van der Waals surface area contributed by atoms with Gasteiger partial charge in [0.1, 0.15) is 0 Å². The molecule has 0 saturated carbocycles. The van der Waals surface area contributed by atoms with Crippen LogP contribution in [0, 0.1) is 5.92 Å². The van der Waals surface area contributed by atoms with Crippen LogP contribution < -0.4 is 21.3 Å². The van der Waals surface area contributed by atoms with Gasteiger partial charge in [0.15, 0.2) is 0 Å². The highest BCUT2D eigenvalue weighted by Gasteiger charge is 2.32. The number of carbonyl (C=O) groups is 2. The number of benzene rings is 1.